The first-order valence-electron chi connectivity index (χ1n) is 11.0. The molecule has 2 heterocycles. The molecule has 0 saturated carbocycles. The van der Waals surface area contributed by atoms with Crippen LogP contribution >= 0.6 is 0 Å². The number of nitrogens with one attached hydrogen (secondary N) is 1. The first-order valence-corrected chi connectivity index (χ1v) is 11.0. The molecule has 3 rings (SSSR count). The van der Waals surface area contributed by atoms with Gasteiger partial charge in [-0.2, -0.15) is 0 Å². The van der Waals surface area contributed by atoms with Crippen LogP contribution in [-0.4, -0.2) is 81.3 Å². The quantitative estimate of drug-likeness (QED) is 0.361. The molecule has 1 aromatic rings. The predicted molar refractivity (Wildman–Crippen MR) is 115 cm³/mol. The summed E-state index contributed by atoms with van der Waals surface area (Å²) in [6.07, 6.45) is 2.50. The van der Waals surface area contributed by atoms with Crippen molar-refractivity contribution in [2.75, 3.05) is 75.7 Å². The molecule has 0 spiro atoms. The average Bonchev–Trinajstić information content (AvgIpc) is 2.76. The van der Waals surface area contributed by atoms with Crippen molar-refractivity contribution in [2.24, 2.45) is 5.92 Å². The molecule has 1 atom stereocenters. The lowest BCUT2D eigenvalue weighted by atomic mass is 9.96. The van der Waals surface area contributed by atoms with Crippen LogP contribution in [0, 0.1) is 5.92 Å². The van der Waals surface area contributed by atoms with Gasteiger partial charge in [0.05, 0.1) is 12.5 Å². The van der Waals surface area contributed by atoms with E-state index in [-0.39, 0.29) is 11.9 Å². The highest BCUT2D eigenvalue weighted by Crippen LogP contribution is 2.27. The molecule has 2 saturated heterocycles. The number of likely N-dealkylation sites (N-methyl/N-ethyl adjacent to an activating group) is 1. The summed E-state index contributed by atoms with van der Waals surface area (Å²) >= 11 is 0. The molecular formula is C21H34N4O4. The van der Waals surface area contributed by atoms with Crippen molar-refractivity contribution in [2.45, 2.75) is 33.1 Å². The highest BCUT2D eigenvalue weighted by molar-refractivity contribution is 5.78. The summed E-state index contributed by atoms with van der Waals surface area (Å²) in [4.78, 5) is 43.1. The number of anilines is 2. The number of nitrogens with zero attached hydrogens (tertiary/aromatic N) is 3. The van der Waals surface area contributed by atoms with Gasteiger partial charge in [-0.25, -0.2) is 0 Å². The van der Waals surface area contributed by atoms with E-state index in [1.54, 1.807) is 6.92 Å². The van der Waals surface area contributed by atoms with Crippen molar-refractivity contribution < 1.29 is 9.53 Å². The summed E-state index contributed by atoms with van der Waals surface area (Å²) in [6.45, 7) is 12.6. The summed E-state index contributed by atoms with van der Waals surface area (Å²) < 4.78 is 5.13. The third-order valence-corrected chi connectivity index (χ3v) is 6.11. The standard InChI is InChI=1S/C21H34N4O4/c1-3-23-11-13-24(14-12-23)9-6-8-22-17-18(20(27)19(17)26)25-10-5-7-16(15-25)21(28)29-4-2/h16,22H,3-15H2,1-2H3/t16-/m1/s1. The molecule has 0 unspecified atom stereocenters. The molecule has 1 aromatic carbocycles. The molecule has 8 nitrogen and oxygen atoms in total. The van der Waals surface area contributed by atoms with Gasteiger partial charge in [-0.15, -0.1) is 0 Å². The van der Waals surface area contributed by atoms with Crippen molar-refractivity contribution in [1.29, 1.82) is 0 Å². The zero-order valence-electron chi connectivity index (χ0n) is 17.7. The van der Waals surface area contributed by atoms with Crippen molar-refractivity contribution >= 4 is 17.3 Å². The second kappa shape index (κ2) is 10.2. The number of carbonyl (C=O) groups excluding carboxylic acids is 1. The fourth-order valence-corrected chi connectivity index (χ4v) is 4.32. The molecule has 8 heteroatoms. The minimum Gasteiger partial charge on any atom is -0.466 e. The molecular weight excluding hydrogens is 372 g/mol. The van der Waals surface area contributed by atoms with Gasteiger partial charge >= 0.3 is 5.97 Å². The maximum absolute atomic E-state index is 12.2. The molecule has 2 fully saturated rings. The Morgan fingerprint density at radius 3 is 2.48 bits per heavy atom. The first-order chi connectivity index (χ1) is 14.0. The summed E-state index contributed by atoms with van der Waals surface area (Å²) in [5.41, 5.74) is 0.0124. The van der Waals surface area contributed by atoms with E-state index >= 15 is 0 Å². The van der Waals surface area contributed by atoms with Gasteiger partial charge in [-0.1, -0.05) is 6.92 Å². The lowest BCUT2D eigenvalue weighted by Gasteiger charge is -2.35. The summed E-state index contributed by atoms with van der Waals surface area (Å²) in [6, 6.07) is 0. The highest BCUT2D eigenvalue weighted by atomic mass is 16.5. The van der Waals surface area contributed by atoms with E-state index in [4.69, 9.17) is 4.74 Å². The molecule has 0 aliphatic carbocycles. The Morgan fingerprint density at radius 1 is 1.07 bits per heavy atom. The Balaban J connectivity index is 1.49. The smallest absolute Gasteiger partial charge is 0.310 e. The SMILES string of the molecule is CCOC(=O)[C@@H]1CCCN(c2c(NCCCN3CCN(CC)CC3)c(=O)c2=O)C1. The van der Waals surface area contributed by atoms with Gasteiger partial charge in [0.15, 0.2) is 0 Å². The lowest BCUT2D eigenvalue weighted by Crippen LogP contribution is -2.48. The number of rotatable bonds is 9. The number of hydrogen-bond donors (Lipinski definition) is 1. The maximum atomic E-state index is 12.2. The van der Waals surface area contributed by atoms with Crippen LogP contribution in [-0.2, 0) is 9.53 Å². The number of carbonyl (C=O) groups is 1. The Morgan fingerprint density at radius 2 is 1.79 bits per heavy atom. The number of ether oxygens (including phenoxy) is 1. The normalized spacial score (nSPS) is 21.4. The van der Waals surface area contributed by atoms with Crippen LogP contribution in [0.25, 0.3) is 0 Å². The number of piperidine rings is 1. The largest absolute Gasteiger partial charge is 0.466 e. The first kappa shape index (κ1) is 21.8. The van der Waals surface area contributed by atoms with Crippen LogP contribution in [0.4, 0.5) is 11.4 Å². The van der Waals surface area contributed by atoms with Crippen molar-refractivity contribution in [3.8, 4) is 0 Å². The number of hydrogen-bond acceptors (Lipinski definition) is 8. The summed E-state index contributed by atoms with van der Waals surface area (Å²) in [5, 5.41) is 3.19. The molecule has 2 aliphatic heterocycles. The summed E-state index contributed by atoms with van der Waals surface area (Å²) in [7, 11) is 0. The van der Waals surface area contributed by atoms with Crippen molar-refractivity contribution in [1.82, 2.24) is 9.80 Å². The van der Waals surface area contributed by atoms with Gasteiger partial charge < -0.3 is 24.8 Å². The van der Waals surface area contributed by atoms with Crippen LogP contribution in [0.1, 0.15) is 33.1 Å². The van der Waals surface area contributed by atoms with Crippen LogP contribution in [0.15, 0.2) is 9.59 Å². The fraction of sp³-hybridized carbons (Fsp3) is 0.762. The molecule has 0 radical (unpaired) electrons. The Hall–Kier alpha value is -1.93. The van der Waals surface area contributed by atoms with Gasteiger partial charge in [-0.3, -0.25) is 14.4 Å². The van der Waals surface area contributed by atoms with Gasteiger partial charge in [0.1, 0.15) is 11.4 Å². The molecule has 0 bridgehead atoms. The van der Waals surface area contributed by atoms with Crippen LogP contribution < -0.4 is 21.1 Å². The minimum absolute atomic E-state index is 0.214. The van der Waals surface area contributed by atoms with E-state index in [2.05, 4.69) is 22.0 Å². The molecule has 162 valence electrons. The van der Waals surface area contributed by atoms with Gasteiger partial charge in [-0.05, 0) is 39.3 Å². The van der Waals surface area contributed by atoms with E-state index in [1.165, 1.54) is 0 Å². The Kier molecular flexibility index (Phi) is 7.66. The van der Waals surface area contributed by atoms with E-state index in [0.29, 0.717) is 37.6 Å². The molecule has 29 heavy (non-hydrogen) atoms. The number of esters is 1. The van der Waals surface area contributed by atoms with Crippen molar-refractivity contribution in [3.63, 3.8) is 0 Å². The van der Waals surface area contributed by atoms with Crippen LogP contribution in [0.2, 0.25) is 0 Å². The summed E-state index contributed by atoms with van der Waals surface area (Å²) in [5.74, 6) is -0.448. The van der Waals surface area contributed by atoms with Gasteiger partial charge in [0.2, 0.25) is 0 Å². The lowest BCUT2D eigenvalue weighted by molar-refractivity contribution is -0.148. The Bertz CT molecular complexity index is 750. The van der Waals surface area contributed by atoms with Crippen LogP contribution in [0.3, 0.4) is 0 Å². The zero-order valence-corrected chi connectivity index (χ0v) is 17.7. The molecule has 2 aliphatic rings. The minimum atomic E-state index is -0.437. The molecule has 1 N–H and O–H groups in total. The van der Waals surface area contributed by atoms with Gasteiger partial charge in [0, 0.05) is 45.8 Å². The fourth-order valence-electron chi connectivity index (χ4n) is 4.32. The van der Waals surface area contributed by atoms with Gasteiger partial charge in [0.25, 0.3) is 10.9 Å². The Labute approximate surface area is 172 Å². The van der Waals surface area contributed by atoms with E-state index < -0.39 is 10.9 Å². The van der Waals surface area contributed by atoms with E-state index in [0.717, 1.165) is 58.5 Å². The van der Waals surface area contributed by atoms with Crippen molar-refractivity contribution in [3.05, 3.63) is 20.4 Å². The predicted octanol–water partition coefficient (Wildman–Crippen LogP) is 0.502. The second-order valence-corrected chi connectivity index (χ2v) is 7.98. The zero-order chi connectivity index (χ0) is 20.8. The third-order valence-electron chi connectivity index (χ3n) is 6.11. The van der Waals surface area contributed by atoms with E-state index in [1.807, 2.05) is 4.90 Å². The topological polar surface area (TPSA) is 82.2 Å². The maximum Gasteiger partial charge on any atom is 0.310 e. The average molecular weight is 407 g/mol. The third kappa shape index (κ3) is 5.17. The number of piperazine rings is 1. The van der Waals surface area contributed by atoms with E-state index in [9.17, 15) is 14.4 Å². The second-order valence-electron chi connectivity index (χ2n) is 7.98. The highest BCUT2D eigenvalue weighted by Gasteiger charge is 2.32. The molecule has 0 amide bonds. The van der Waals surface area contributed by atoms with Crippen LogP contribution in [0.5, 0.6) is 0 Å². The molecule has 0 aromatic heterocycles. The monoisotopic (exact) mass is 406 g/mol.